The third-order valence-electron chi connectivity index (χ3n) is 5.60. The van der Waals surface area contributed by atoms with Crippen LogP contribution in [0.3, 0.4) is 0 Å². The number of hydrogen-bond acceptors (Lipinski definition) is 8. The van der Waals surface area contributed by atoms with Crippen LogP contribution < -0.4 is 10.3 Å². The Morgan fingerprint density at radius 2 is 1.88 bits per heavy atom. The molecule has 0 amide bonds. The maximum atomic E-state index is 5.51. The minimum Gasteiger partial charge on any atom is -0.378 e. The highest BCUT2D eigenvalue weighted by molar-refractivity contribution is 5.87. The van der Waals surface area contributed by atoms with Gasteiger partial charge in [0, 0.05) is 19.3 Å². The second-order valence-corrected chi connectivity index (χ2v) is 8.03. The lowest BCUT2D eigenvalue weighted by Crippen LogP contribution is -2.37. The molecule has 0 saturated carbocycles. The van der Waals surface area contributed by atoms with Gasteiger partial charge in [0.05, 0.1) is 30.8 Å². The summed E-state index contributed by atoms with van der Waals surface area (Å²) < 4.78 is 7.54. The van der Waals surface area contributed by atoms with Gasteiger partial charge in [-0.15, -0.1) is 0 Å². The molecular weight excluding hydrogens is 416 g/mol. The lowest BCUT2D eigenvalue weighted by atomic mass is 10.2. The van der Waals surface area contributed by atoms with Gasteiger partial charge in [-0.2, -0.15) is 15.1 Å². The van der Waals surface area contributed by atoms with E-state index in [0.29, 0.717) is 36.1 Å². The summed E-state index contributed by atoms with van der Waals surface area (Å²) in [4.78, 5) is 21.1. The molecule has 33 heavy (non-hydrogen) atoms. The SMILES string of the molecule is Cc1cccc(C=NNc2nc(N3CCOCC3)nc3c2nc(C)n3-c2cccnc2C)c1. The number of hydrogen-bond donors (Lipinski definition) is 1. The van der Waals surface area contributed by atoms with Crippen LogP contribution in [0.25, 0.3) is 16.9 Å². The zero-order valence-electron chi connectivity index (χ0n) is 19.0. The lowest BCUT2D eigenvalue weighted by molar-refractivity contribution is 0.122. The molecule has 1 saturated heterocycles. The smallest absolute Gasteiger partial charge is 0.229 e. The van der Waals surface area contributed by atoms with Gasteiger partial charge in [-0.05, 0) is 38.5 Å². The van der Waals surface area contributed by atoms with Gasteiger partial charge in [0.25, 0.3) is 0 Å². The van der Waals surface area contributed by atoms with Crippen molar-refractivity contribution in [2.24, 2.45) is 5.10 Å². The van der Waals surface area contributed by atoms with E-state index in [9.17, 15) is 0 Å². The minimum absolute atomic E-state index is 0.564. The first-order valence-corrected chi connectivity index (χ1v) is 11.0. The standard InChI is InChI=1S/C24H26N8O/c1-16-6-4-7-19(14-16)15-26-30-22-21-23(29-24(28-22)31-10-12-33-13-11-31)32(18(3)27-21)20-8-5-9-25-17(20)2/h4-9,14-15H,10-13H2,1-3H3,(H,28,29,30). The maximum Gasteiger partial charge on any atom is 0.229 e. The van der Waals surface area contributed by atoms with Gasteiger partial charge in [0.1, 0.15) is 5.82 Å². The van der Waals surface area contributed by atoms with Crippen molar-refractivity contribution in [1.29, 1.82) is 0 Å². The van der Waals surface area contributed by atoms with E-state index in [4.69, 9.17) is 19.7 Å². The molecule has 4 heterocycles. The van der Waals surface area contributed by atoms with E-state index in [-0.39, 0.29) is 0 Å². The van der Waals surface area contributed by atoms with Crippen LogP contribution in [0.15, 0.2) is 47.7 Å². The van der Waals surface area contributed by atoms with Crippen molar-refractivity contribution in [3.05, 3.63) is 65.2 Å². The predicted octanol–water partition coefficient (Wildman–Crippen LogP) is 3.42. The molecule has 1 fully saturated rings. The second kappa shape index (κ2) is 8.95. The van der Waals surface area contributed by atoms with Crippen molar-refractivity contribution < 1.29 is 4.74 Å². The third kappa shape index (κ3) is 4.27. The molecule has 0 bridgehead atoms. The van der Waals surface area contributed by atoms with Crippen LogP contribution in [-0.2, 0) is 4.74 Å². The first kappa shape index (κ1) is 21.0. The Morgan fingerprint density at radius 3 is 2.67 bits per heavy atom. The number of morpholine rings is 1. The molecule has 3 aromatic heterocycles. The summed E-state index contributed by atoms with van der Waals surface area (Å²) in [6, 6.07) is 12.1. The van der Waals surface area contributed by atoms with Crippen molar-refractivity contribution in [2.45, 2.75) is 20.8 Å². The fraction of sp³-hybridized carbons (Fsp3) is 0.292. The number of imidazole rings is 1. The van der Waals surface area contributed by atoms with Crippen LogP contribution >= 0.6 is 0 Å². The fourth-order valence-electron chi connectivity index (χ4n) is 3.96. The molecular formula is C24H26N8O. The van der Waals surface area contributed by atoms with Crippen LogP contribution in [0.4, 0.5) is 11.8 Å². The summed E-state index contributed by atoms with van der Waals surface area (Å²) in [6.45, 7) is 8.76. The highest BCUT2D eigenvalue weighted by Gasteiger charge is 2.22. The van der Waals surface area contributed by atoms with Gasteiger partial charge in [-0.1, -0.05) is 29.8 Å². The number of hydrazone groups is 1. The van der Waals surface area contributed by atoms with Gasteiger partial charge in [0.15, 0.2) is 17.0 Å². The van der Waals surface area contributed by atoms with Crippen molar-refractivity contribution in [1.82, 2.24) is 24.5 Å². The molecule has 9 heteroatoms. The fourth-order valence-corrected chi connectivity index (χ4v) is 3.96. The molecule has 5 rings (SSSR count). The molecule has 0 unspecified atom stereocenters. The summed E-state index contributed by atoms with van der Waals surface area (Å²) in [5, 5.41) is 4.45. The number of aryl methyl sites for hydroxylation is 3. The van der Waals surface area contributed by atoms with Crippen LogP contribution in [0.2, 0.25) is 0 Å². The van der Waals surface area contributed by atoms with Gasteiger partial charge >= 0.3 is 0 Å². The Hall–Kier alpha value is -3.85. The highest BCUT2D eigenvalue weighted by Crippen LogP contribution is 2.28. The van der Waals surface area contributed by atoms with Gasteiger partial charge < -0.3 is 9.64 Å². The Morgan fingerprint density at radius 1 is 1.03 bits per heavy atom. The Labute approximate surface area is 192 Å². The number of fused-ring (bicyclic) bond motifs is 1. The van der Waals surface area contributed by atoms with Crippen molar-refractivity contribution >= 4 is 29.1 Å². The number of nitrogens with zero attached hydrogens (tertiary/aromatic N) is 7. The molecule has 4 aromatic rings. The predicted molar refractivity (Wildman–Crippen MR) is 129 cm³/mol. The average molecular weight is 443 g/mol. The largest absolute Gasteiger partial charge is 0.378 e. The Kier molecular flexibility index (Phi) is 5.70. The van der Waals surface area contributed by atoms with Crippen LogP contribution in [-0.4, -0.2) is 57.0 Å². The van der Waals surface area contributed by atoms with E-state index in [2.05, 4.69) is 39.5 Å². The Bertz CT molecular complexity index is 1320. The average Bonchev–Trinajstić information content (AvgIpc) is 3.16. The number of ether oxygens (including phenoxy) is 1. The lowest BCUT2D eigenvalue weighted by Gasteiger charge is -2.27. The molecule has 9 nitrogen and oxygen atoms in total. The molecule has 168 valence electrons. The quantitative estimate of drug-likeness (QED) is 0.374. The van der Waals surface area contributed by atoms with Gasteiger partial charge in [0.2, 0.25) is 5.95 Å². The molecule has 1 aliphatic heterocycles. The van der Waals surface area contributed by atoms with E-state index >= 15 is 0 Å². The summed E-state index contributed by atoms with van der Waals surface area (Å²) in [7, 11) is 0. The van der Waals surface area contributed by atoms with Gasteiger partial charge in [-0.3, -0.25) is 15.0 Å². The summed E-state index contributed by atoms with van der Waals surface area (Å²) in [5.41, 5.74) is 8.52. The molecule has 1 aromatic carbocycles. The first-order chi connectivity index (χ1) is 16.1. The van der Waals surface area contributed by atoms with Crippen LogP contribution in [0.1, 0.15) is 22.6 Å². The Balaban J connectivity index is 1.61. The molecule has 0 spiro atoms. The monoisotopic (exact) mass is 442 g/mol. The summed E-state index contributed by atoms with van der Waals surface area (Å²) >= 11 is 0. The van der Waals surface area contributed by atoms with Crippen LogP contribution in [0.5, 0.6) is 0 Å². The third-order valence-corrected chi connectivity index (χ3v) is 5.60. The van der Waals surface area contributed by atoms with Gasteiger partial charge in [-0.25, -0.2) is 4.98 Å². The number of anilines is 2. The van der Waals surface area contributed by atoms with Crippen molar-refractivity contribution in [3.63, 3.8) is 0 Å². The number of nitrogens with one attached hydrogen (secondary N) is 1. The zero-order valence-corrected chi connectivity index (χ0v) is 19.0. The van der Waals surface area contributed by atoms with E-state index < -0.39 is 0 Å². The van der Waals surface area contributed by atoms with E-state index in [1.54, 1.807) is 12.4 Å². The van der Waals surface area contributed by atoms with E-state index in [1.165, 1.54) is 5.56 Å². The van der Waals surface area contributed by atoms with E-state index in [1.807, 2.05) is 42.7 Å². The van der Waals surface area contributed by atoms with Crippen LogP contribution in [0, 0.1) is 20.8 Å². The first-order valence-electron chi connectivity index (χ1n) is 11.0. The normalized spacial score (nSPS) is 14.3. The number of benzene rings is 1. The van der Waals surface area contributed by atoms with E-state index in [0.717, 1.165) is 35.9 Å². The molecule has 1 aliphatic rings. The second-order valence-electron chi connectivity index (χ2n) is 8.03. The molecule has 0 atom stereocenters. The van der Waals surface area contributed by atoms with Crippen molar-refractivity contribution in [3.8, 4) is 5.69 Å². The molecule has 0 aliphatic carbocycles. The number of rotatable bonds is 5. The number of aromatic nitrogens is 5. The zero-order chi connectivity index (χ0) is 22.8. The minimum atomic E-state index is 0.564. The molecule has 0 radical (unpaired) electrons. The van der Waals surface area contributed by atoms with Crippen molar-refractivity contribution in [2.75, 3.05) is 36.6 Å². The maximum absolute atomic E-state index is 5.51. The molecule has 1 N–H and O–H groups in total. The topological polar surface area (TPSA) is 93.4 Å². The summed E-state index contributed by atoms with van der Waals surface area (Å²) in [5.74, 6) is 2.00. The number of pyridine rings is 1. The summed E-state index contributed by atoms with van der Waals surface area (Å²) in [6.07, 6.45) is 3.57. The highest BCUT2D eigenvalue weighted by atomic mass is 16.5.